The van der Waals surface area contributed by atoms with Crippen molar-refractivity contribution < 1.29 is 4.79 Å². The smallest absolute Gasteiger partial charge is 0.250 e. The van der Waals surface area contributed by atoms with Crippen LogP contribution >= 0.6 is 0 Å². The van der Waals surface area contributed by atoms with E-state index in [1.165, 1.54) is 12.3 Å². The lowest BCUT2D eigenvalue weighted by Gasteiger charge is -2.11. The molecule has 2 aromatic heterocycles. The Kier molecular flexibility index (Phi) is 7.26. The fourth-order valence-electron chi connectivity index (χ4n) is 3.64. The third-order valence-electron chi connectivity index (χ3n) is 5.62. The van der Waals surface area contributed by atoms with Gasteiger partial charge in [0.25, 0.3) is 5.56 Å². The van der Waals surface area contributed by atoms with E-state index in [2.05, 4.69) is 15.3 Å². The number of carbonyl (C=O) groups is 1. The third kappa shape index (κ3) is 5.95. The molecule has 0 radical (unpaired) electrons. The molecule has 0 unspecified atom stereocenters. The number of Topliss-reactive ketones (excluding diaryl/α,β-unsaturated/α-hetero) is 1. The molecule has 2 aromatic carbocycles. The molecule has 2 heterocycles. The minimum absolute atomic E-state index is 0.00112. The van der Waals surface area contributed by atoms with Crippen LogP contribution in [0.15, 0.2) is 90.1 Å². The van der Waals surface area contributed by atoms with Gasteiger partial charge in [0.1, 0.15) is 5.69 Å². The van der Waals surface area contributed by atoms with Gasteiger partial charge in [0.15, 0.2) is 5.78 Å². The number of pyridine rings is 1. The molecule has 176 valence electrons. The molecule has 0 amide bonds. The Balaban J connectivity index is 1.42. The molecule has 4 rings (SSSR count). The summed E-state index contributed by atoms with van der Waals surface area (Å²) in [5.41, 5.74) is 4.34. The highest BCUT2D eigenvalue weighted by Gasteiger charge is 2.14. The maximum atomic E-state index is 12.9. The largest absolute Gasteiger partial charge is 0.381 e. The summed E-state index contributed by atoms with van der Waals surface area (Å²) in [6.45, 7) is 4.52. The second-order valence-corrected chi connectivity index (χ2v) is 8.54. The SMILES string of the molecule is CC(C)n1cc(-c2cncc(C(=O)CC(=N)c3ccc(CNc4ccccc4)cc3)n2)ccc1=O. The van der Waals surface area contributed by atoms with Crippen LogP contribution in [0.5, 0.6) is 0 Å². The Labute approximate surface area is 204 Å². The van der Waals surface area contributed by atoms with Gasteiger partial charge in [0.2, 0.25) is 0 Å². The fraction of sp³-hybridized carbons (Fsp3) is 0.179. The van der Waals surface area contributed by atoms with Gasteiger partial charge < -0.3 is 15.3 Å². The monoisotopic (exact) mass is 465 g/mol. The average Bonchev–Trinajstić information content (AvgIpc) is 2.88. The summed E-state index contributed by atoms with van der Waals surface area (Å²) in [6, 6.07) is 20.7. The lowest BCUT2D eigenvalue weighted by molar-refractivity contribution is 0.0995. The molecule has 4 aromatic rings. The average molecular weight is 466 g/mol. The highest BCUT2D eigenvalue weighted by molar-refractivity contribution is 6.14. The van der Waals surface area contributed by atoms with E-state index in [0.717, 1.165) is 11.3 Å². The van der Waals surface area contributed by atoms with Crippen molar-refractivity contribution in [2.24, 2.45) is 0 Å². The molecule has 0 aliphatic heterocycles. The maximum absolute atomic E-state index is 12.9. The number of hydrogen-bond acceptors (Lipinski definition) is 6. The Bertz CT molecular complexity index is 1390. The summed E-state index contributed by atoms with van der Waals surface area (Å²) in [4.78, 5) is 33.5. The zero-order valence-electron chi connectivity index (χ0n) is 19.7. The fourth-order valence-corrected chi connectivity index (χ4v) is 3.64. The molecule has 2 N–H and O–H groups in total. The predicted molar refractivity (Wildman–Crippen MR) is 138 cm³/mol. The Morgan fingerprint density at radius 3 is 2.46 bits per heavy atom. The Hall–Kier alpha value is -4.39. The number of aromatic nitrogens is 3. The van der Waals surface area contributed by atoms with Crippen molar-refractivity contribution in [3.05, 3.63) is 112 Å². The summed E-state index contributed by atoms with van der Waals surface area (Å²) >= 11 is 0. The van der Waals surface area contributed by atoms with Crippen molar-refractivity contribution in [2.45, 2.75) is 32.9 Å². The molecule has 0 aliphatic carbocycles. The van der Waals surface area contributed by atoms with Gasteiger partial charge in [-0.15, -0.1) is 0 Å². The number of anilines is 1. The van der Waals surface area contributed by atoms with E-state index in [4.69, 9.17) is 5.41 Å². The molecule has 7 heteroatoms. The van der Waals surface area contributed by atoms with Gasteiger partial charge in [-0.05, 0) is 43.2 Å². The van der Waals surface area contributed by atoms with Crippen molar-refractivity contribution >= 4 is 17.2 Å². The molecule has 0 fully saturated rings. The minimum Gasteiger partial charge on any atom is -0.381 e. The lowest BCUT2D eigenvalue weighted by atomic mass is 10.0. The second kappa shape index (κ2) is 10.7. The van der Waals surface area contributed by atoms with E-state index in [-0.39, 0.29) is 35.2 Å². The van der Waals surface area contributed by atoms with Crippen molar-refractivity contribution in [3.8, 4) is 11.3 Å². The normalized spacial score (nSPS) is 10.8. The third-order valence-corrected chi connectivity index (χ3v) is 5.62. The maximum Gasteiger partial charge on any atom is 0.250 e. The van der Waals surface area contributed by atoms with Gasteiger partial charge in [-0.2, -0.15) is 0 Å². The number of nitrogens with zero attached hydrogens (tertiary/aromatic N) is 3. The molecular weight excluding hydrogens is 438 g/mol. The molecule has 0 saturated carbocycles. The molecule has 0 spiro atoms. The van der Waals surface area contributed by atoms with E-state index in [1.807, 2.05) is 68.4 Å². The summed E-state index contributed by atoms with van der Waals surface area (Å²) in [7, 11) is 0. The van der Waals surface area contributed by atoms with Crippen LogP contribution in [0.3, 0.4) is 0 Å². The van der Waals surface area contributed by atoms with Crippen molar-refractivity contribution in [2.75, 3.05) is 5.32 Å². The molecule has 0 saturated heterocycles. The molecule has 35 heavy (non-hydrogen) atoms. The standard InChI is InChI=1S/C28H27N5O2/c1-19(2)33-18-22(12-13-28(33)35)25-16-30-17-26(32-25)27(34)14-24(29)21-10-8-20(9-11-21)15-31-23-6-4-3-5-7-23/h3-13,16-19,29,31H,14-15H2,1-2H3. The van der Waals surface area contributed by atoms with Crippen molar-refractivity contribution in [3.63, 3.8) is 0 Å². The van der Waals surface area contributed by atoms with E-state index in [0.29, 0.717) is 23.4 Å². The van der Waals surface area contributed by atoms with E-state index in [1.54, 1.807) is 23.0 Å². The van der Waals surface area contributed by atoms with Crippen LogP contribution in [-0.2, 0) is 6.54 Å². The number of para-hydroxylation sites is 1. The van der Waals surface area contributed by atoms with Crippen LogP contribution in [0.1, 0.15) is 47.9 Å². The van der Waals surface area contributed by atoms with Gasteiger partial charge in [-0.1, -0.05) is 42.5 Å². The van der Waals surface area contributed by atoms with Gasteiger partial charge in [0, 0.05) is 41.8 Å². The lowest BCUT2D eigenvalue weighted by Crippen LogP contribution is -2.20. The quantitative estimate of drug-likeness (QED) is 0.263. The van der Waals surface area contributed by atoms with E-state index < -0.39 is 0 Å². The number of hydrogen-bond donors (Lipinski definition) is 2. The first-order chi connectivity index (χ1) is 16.9. The first-order valence-electron chi connectivity index (χ1n) is 11.4. The first-order valence-corrected chi connectivity index (χ1v) is 11.4. The van der Waals surface area contributed by atoms with E-state index in [9.17, 15) is 9.59 Å². The number of nitrogens with one attached hydrogen (secondary N) is 2. The highest BCUT2D eigenvalue weighted by atomic mass is 16.1. The van der Waals surface area contributed by atoms with Crippen LogP contribution in [0.2, 0.25) is 0 Å². The van der Waals surface area contributed by atoms with Crippen LogP contribution in [0, 0.1) is 5.41 Å². The Morgan fingerprint density at radius 1 is 1.00 bits per heavy atom. The zero-order valence-corrected chi connectivity index (χ0v) is 19.7. The van der Waals surface area contributed by atoms with Crippen LogP contribution < -0.4 is 10.9 Å². The number of carbonyl (C=O) groups excluding carboxylic acids is 1. The highest BCUT2D eigenvalue weighted by Crippen LogP contribution is 2.17. The summed E-state index contributed by atoms with van der Waals surface area (Å²) in [5.74, 6) is -0.281. The molecule has 0 aliphatic rings. The van der Waals surface area contributed by atoms with Gasteiger partial charge in [-0.3, -0.25) is 14.6 Å². The topological polar surface area (TPSA) is 101 Å². The first kappa shape index (κ1) is 23.8. The van der Waals surface area contributed by atoms with Gasteiger partial charge in [-0.25, -0.2) is 4.98 Å². The number of rotatable bonds is 9. The molecule has 0 bridgehead atoms. The van der Waals surface area contributed by atoms with Gasteiger partial charge >= 0.3 is 0 Å². The van der Waals surface area contributed by atoms with Gasteiger partial charge in [0.05, 0.1) is 24.5 Å². The Morgan fingerprint density at radius 2 is 1.74 bits per heavy atom. The van der Waals surface area contributed by atoms with E-state index >= 15 is 0 Å². The van der Waals surface area contributed by atoms with Crippen molar-refractivity contribution in [1.82, 2.24) is 14.5 Å². The zero-order chi connectivity index (χ0) is 24.8. The van der Waals surface area contributed by atoms with Crippen LogP contribution in [0.4, 0.5) is 5.69 Å². The van der Waals surface area contributed by atoms with Crippen molar-refractivity contribution in [1.29, 1.82) is 5.41 Å². The molecule has 0 atom stereocenters. The van der Waals surface area contributed by atoms with Crippen LogP contribution in [-0.4, -0.2) is 26.0 Å². The van der Waals surface area contributed by atoms with Crippen LogP contribution in [0.25, 0.3) is 11.3 Å². The minimum atomic E-state index is -0.281. The summed E-state index contributed by atoms with van der Waals surface area (Å²) in [5, 5.41) is 11.8. The predicted octanol–water partition coefficient (Wildman–Crippen LogP) is 5.14. The molecular formula is C28H27N5O2. The number of benzene rings is 2. The summed E-state index contributed by atoms with van der Waals surface area (Å²) < 4.78 is 1.61. The second-order valence-electron chi connectivity index (χ2n) is 8.54. The summed E-state index contributed by atoms with van der Waals surface area (Å²) in [6.07, 6.45) is 4.62. The number of ketones is 1. The molecule has 7 nitrogen and oxygen atoms in total.